The molecule has 1 amide bonds. The molecule has 0 saturated heterocycles. The molecule has 0 N–H and O–H groups in total. The van der Waals surface area contributed by atoms with Crippen LogP contribution in [0.4, 0.5) is 0 Å². The summed E-state index contributed by atoms with van der Waals surface area (Å²) >= 11 is 0. The minimum atomic E-state index is 0.0832. The van der Waals surface area contributed by atoms with Crippen molar-refractivity contribution in [3.05, 3.63) is 34.9 Å². The minimum absolute atomic E-state index is 0.0832. The van der Waals surface area contributed by atoms with Crippen LogP contribution >= 0.6 is 0 Å². The van der Waals surface area contributed by atoms with Gasteiger partial charge < -0.3 is 4.90 Å². The standard InChI is InChI=1S/C16H21NO2/c1-10-11(2)16(8-17(4)12(3)19)15-7-13(9-18)5-6-14(10)15/h5-7,9-11,16H,8H2,1-4H3. The molecule has 0 heterocycles. The van der Waals surface area contributed by atoms with Crippen LogP contribution in [0.15, 0.2) is 18.2 Å². The molecule has 0 fully saturated rings. The summed E-state index contributed by atoms with van der Waals surface area (Å²) in [5, 5.41) is 0. The Morgan fingerprint density at radius 3 is 2.58 bits per heavy atom. The van der Waals surface area contributed by atoms with Crippen molar-refractivity contribution in [3.63, 3.8) is 0 Å². The predicted molar refractivity (Wildman–Crippen MR) is 75.5 cm³/mol. The molecule has 1 aromatic rings. The average molecular weight is 259 g/mol. The molecule has 0 aliphatic heterocycles. The first kappa shape index (κ1) is 13.8. The fourth-order valence-corrected chi connectivity index (χ4v) is 3.01. The number of carbonyl (C=O) groups excluding carboxylic acids is 2. The lowest BCUT2D eigenvalue weighted by molar-refractivity contribution is -0.127. The van der Waals surface area contributed by atoms with Gasteiger partial charge in [0, 0.05) is 32.0 Å². The molecule has 0 saturated carbocycles. The molecule has 0 bridgehead atoms. The Balaban J connectivity index is 2.36. The highest BCUT2D eigenvalue weighted by Gasteiger charge is 2.36. The first-order chi connectivity index (χ1) is 8.95. The van der Waals surface area contributed by atoms with E-state index in [1.54, 1.807) is 11.8 Å². The van der Waals surface area contributed by atoms with E-state index < -0.39 is 0 Å². The Morgan fingerprint density at radius 2 is 2.00 bits per heavy atom. The Bertz CT molecular complexity index is 509. The van der Waals surface area contributed by atoms with Crippen LogP contribution in [0.2, 0.25) is 0 Å². The van der Waals surface area contributed by atoms with Gasteiger partial charge in [-0.15, -0.1) is 0 Å². The highest BCUT2D eigenvalue weighted by atomic mass is 16.2. The van der Waals surface area contributed by atoms with Crippen molar-refractivity contribution in [1.29, 1.82) is 0 Å². The lowest BCUT2D eigenvalue weighted by Gasteiger charge is -2.25. The monoisotopic (exact) mass is 259 g/mol. The van der Waals surface area contributed by atoms with E-state index in [4.69, 9.17) is 0 Å². The van der Waals surface area contributed by atoms with Gasteiger partial charge in [-0.25, -0.2) is 0 Å². The van der Waals surface area contributed by atoms with Gasteiger partial charge in [-0.3, -0.25) is 9.59 Å². The largest absolute Gasteiger partial charge is 0.345 e. The maximum atomic E-state index is 11.4. The molecule has 0 spiro atoms. The first-order valence-corrected chi connectivity index (χ1v) is 6.76. The number of fused-ring (bicyclic) bond motifs is 1. The van der Waals surface area contributed by atoms with Crippen LogP contribution in [-0.4, -0.2) is 30.7 Å². The molecule has 102 valence electrons. The summed E-state index contributed by atoms with van der Waals surface area (Å²) in [6, 6.07) is 5.93. The Hall–Kier alpha value is -1.64. The zero-order valence-corrected chi connectivity index (χ0v) is 12.0. The van der Waals surface area contributed by atoms with E-state index in [0.29, 0.717) is 17.8 Å². The van der Waals surface area contributed by atoms with Crippen molar-refractivity contribution >= 4 is 12.2 Å². The second-order valence-corrected chi connectivity index (χ2v) is 5.66. The van der Waals surface area contributed by atoms with Crippen LogP contribution in [-0.2, 0) is 4.79 Å². The Labute approximate surface area is 114 Å². The van der Waals surface area contributed by atoms with E-state index >= 15 is 0 Å². The van der Waals surface area contributed by atoms with Crippen molar-refractivity contribution in [1.82, 2.24) is 4.90 Å². The van der Waals surface area contributed by atoms with Gasteiger partial charge in [0.2, 0.25) is 5.91 Å². The number of carbonyl (C=O) groups is 2. The molecule has 19 heavy (non-hydrogen) atoms. The molecular formula is C16H21NO2. The summed E-state index contributed by atoms with van der Waals surface area (Å²) in [6.07, 6.45) is 0.889. The normalized spacial score (nSPS) is 24.9. The number of likely N-dealkylation sites (N-methyl/N-ethyl adjacent to an activating group) is 1. The fourth-order valence-electron chi connectivity index (χ4n) is 3.01. The van der Waals surface area contributed by atoms with Gasteiger partial charge in [-0.2, -0.15) is 0 Å². The number of amides is 1. The summed E-state index contributed by atoms with van der Waals surface area (Å²) in [5.74, 6) is 1.36. The zero-order chi connectivity index (χ0) is 14.2. The summed E-state index contributed by atoms with van der Waals surface area (Å²) in [7, 11) is 1.83. The van der Waals surface area contributed by atoms with E-state index in [1.165, 1.54) is 11.1 Å². The molecule has 0 aromatic heterocycles. The van der Waals surface area contributed by atoms with Crippen LogP contribution in [0.25, 0.3) is 0 Å². The SMILES string of the molecule is CC(=O)N(C)CC1c2cc(C=O)ccc2C(C)C1C. The molecule has 2 rings (SSSR count). The Morgan fingerprint density at radius 1 is 1.32 bits per heavy atom. The predicted octanol–water partition coefficient (Wildman–Crippen LogP) is 2.81. The quantitative estimate of drug-likeness (QED) is 0.783. The number of rotatable bonds is 3. The van der Waals surface area contributed by atoms with Crippen LogP contribution < -0.4 is 0 Å². The second-order valence-electron chi connectivity index (χ2n) is 5.66. The maximum Gasteiger partial charge on any atom is 0.219 e. The van der Waals surface area contributed by atoms with E-state index in [2.05, 4.69) is 19.9 Å². The Kier molecular flexibility index (Phi) is 3.74. The van der Waals surface area contributed by atoms with E-state index in [0.717, 1.165) is 18.4 Å². The average Bonchev–Trinajstić information content (AvgIpc) is 2.63. The molecule has 1 aromatic carbocycles. The number of nitrogens with zero attached hydrogens (tertiary/aromatic N) is 1. The third-order valence-corrected chi connectivity index (χ3v) is 4.57. The number of hydrogen-bond donors (Lipinski definition) is 0. The van der Waals surface area contributed by atoms with E-state index in [9.17, 15) is 9.59 Å². The summed E-state index contributed by atoms with van der Waals surface area (Å²) in [5.41, 5.74) is 3.27. The smallest absolute Gasteiger partial charge is 0.219 e. The number of benzene rings is 1. The summed E-state index contributed by atoms with van der Waals surface area (Å²) in [6.45, 7) is 6.75. The van der Waals surface area contributed by atoms with Crippen molar-refractivity contribution in [3.8, 4) is 0 Å². The topological polar surface area (TPSA) is 37.4 Å². The molecule has 3 unspecified atom stereocenters. The van der Waals surface area contributed by atoms with Gasteiger partial charge in [-0.05, 0) is 29.0 Å². The van der Waals surface area contributed by atoms with E-state index in [1.807, 2.05) is 19.2 Å². The van der Waals surface area contributed by atoms with Crippen LogP contribution in [0.3, 0.4) is 0 Å². The zero-order valence-electron chi connectivity index (χ0n) is 12.0. The van der Waals surface area contributed by atoms with Gasteiger partial charge in [0.1, 0.15) is 6.29 Å². The highest BCUT2D eigenvalue weighted by Crippen LogP contribution is 2.46. The lowest BCUT2D eigenvalue weighted by Crippen LogP contribution is -2.30. The first-order valence-electron chi connectivity index (χ1n) is 6.76. The number of hydrogen-bond acceptors (Lipinski definition) is 2. The van der Waals surface area contributed by atoms with Gasteiger partial charge in [0.05, 0.1) is 0 Å². The van der Waals surface area contributed by atoms with Crippen LogP contribution in [0.1, 0.15) is 54.1 Å². The second kappa shape index (κ2) is 5.16. The van der Waals surface area contributed by atoms with Crippen molar-refractivity contribution in [2.24, 2.45) is 5.92 Å². The number of aldehydes is 1. The van der Waals surface area contributed by atoms with Gasteiger partial charge in [0.25, 0.3) is 0 Å². The molecule has 3 heteroatoms. The lowest BCUT2D eigenvalue weighted by atomic mass is 9.89. The molecule has 3 nitrogen and oxygen atoms in total. The molecule has 1 aliphatic carbocycles. The summed E-state index contributed by atoms with van der Waals surface area (Å²) < 4.78 is 0. The molecule has 0 radical (unpaired) electrons. The highest BCUT2D eigenvalue weighted by molar-refractivity contribution is 5.76. The minimum Gasteiger partial charge on any atom is -0.345 e. The fraction of sp³-hybridized carbons (Fsp3) is 0.500. The third-order valence-electron chi connectivity index (χ3n) is 4.57. The van der Waals surface area contributed by atoms with Crippen LogP contribution in [0, 0.1) is 5.92 Å². The van der Waals surface area contributed by atoms with E-state index in [-0.39, 0.29) is 5.91 Å². The van der Waals surface area contributed by atoms with Crippen molar-refractivity contribution < 1.29 is 9.59 Å². The molecular weight excluding hydrogens is 238 g/mol. The summed E-state index contributed by atoms with van der Waals surface area (Å²) in [4.78, 5) is 24.1. The van der Waals surface area contributed by atoms with Gasteiger partial charge in [-0.1, -0.05) is 26.0 Å². The molecule has 3 atom stereocenters. The van der Waals surface area contributed by atoms with Crippen molar-refractivity contribution in [2.75, 3.05) is 13.6 Å². The van der Waals surface area contributed by atoms with Gasteiger partial charge >= 0.3 is 0 Å². The third kappa shape index (κ3) is 2.42. The van der Waals surface area contributed by atoms with Crippen LogP contribution in [0.5, 0.6) is 0 Å². The van der Waals surface area contributed by atoms with Gasteiger partial charge in [0.15, 0.2) is 0 Å². The molecule has 1 aliphatic rings. The maximum absolute atomic E-state index is 11.4. The van der Waals surface area contributed by atoms with Crippen molar-refractivity contribution in [2.45, 2.75) is 32.6 Å².